The molecule has 2 atom stereocenters. The topological polar surface area (TPSA) is 55.7 Å². The van der Waals surface area contributed by atoms with Gasteiger partial charge in [0.05, 0.1) is 5.56 Å². The van der Waals surface area contributed by atoms with Crippen LogP contribution in [-0.4, -0.2) is 27.7 Å². The Bertz CT molecular complexity index is 678. The minimum absolute atomic E-state index is 0.0356. The van der Waals surface area contributed by atoms with E-state index in [4.69, 9.17) is 28.0 Å². The molecule has 1 aliphatic rings. The second-order valence-corrected chi connectivity index (χ2v) is 7.00. The van der Waals surface area contributed by atoms with E-state index in [1.807, 2.05) is 13.8 Å². The number of Topliss-reactive ketones (excluding diaryl/α,β-unsaturated/α-hetero) is 1. The van der Waals surface area contributed by atoms with E-state index in [0.29, 0.717) is 11.1 Å². The Balaban J connectivity index is 2.31. The van der Waals surface area contributed by atoms with Crippen LogP contribution in [0.1, 0.15) is 31.1 Å². The van der Waals surface area contributed by atoms with Crippen molar-refractivity contribution in [3.63, 3.8) is 0 Å². The number of carbonyl (C=O) groups is 2. The quantitative estimate of drug-likeness (QED) is 0.469. The van der Waals surface area contributed by atoms with Gasteiger partial charge >= 0.3 is 5.97 Å². The first-order valence-electron chi connectivity index (χ1n) is 7.18. The van der Waals surface area contributed by atoms with Gasteiger partial charge in [0.15, 0.2) is 5.78 Å². The van der Waals surface area contributed by atoms with Crippen LogP contribution in [0.3, 0.4) is 0 Å². The monoisotopic (exact) mass is 353 g/mol. The van der Waals surface area contributed by atoms with E-state index in [9.17, 15) is 9.59 Å². The molecule has 1 aromatic rings. The Morgan fingerprint density at radius 1 is 1.30 bits per heavy atom. The predicted octanol–water partition coefficient (Wildman–Crippen LogP) is 3.97. The number of hydrogen-bond acceptors (Lipinski definition) is 4. The number of ketones is 1. The second-order valence-electron chi connectivity index (χ2n) is 5.78. The molecule has 6 heteroatoms. The van der Waals surface area contributed by atoms with Gasteiger partial charge in [0.2, 0.25) is 0 Å². The highest BCUT2D eigenvalue weighted by Gasteiger charge is 2.45. The Hall–Kier alpha value is -1.65. The van der Waals surface area contributed by atoms with Crippen LogP contribution in [-0.2, 0) is 9.63 Å². The van der Waals surface area contributed by atoms with Gasteiger partial charge in [-0.3, -0.25) is 4.79 Å². The molecular weight excluding hydrogens is 337 g/mol. The van der Waals surface area contributed by atoms with E-state index in [1.54, 1.807) is 43.3 Å². The van der Waals surface area contributed by atoms with Crippen molar-refractivity contribution in [3.8, 4) is 0 Å². The molecule has 0 spiro atoms. The molecular formula is C17H17Cl2NO3. The van der Waals surface area contributed by atoms with Crippen molar-refractivity contribution >= 4 is 40.7 Å². The van der Waals surface area contributed by atoms with Gasteiger partial charge in [-0.1, -0.05) is 37.2 Å². The largest absolute Gasteiger partial charge is 0.365 e. The molecule has 4 nitrogen and oxygen atoms in total. The second kappa shape index (κ2) is 6.85. The van der Waals surface area contributed by atoms with Crippen LogP contribution in [0, 0.1) is 5.92 Å². The molecule has 23 heavy (non-hydrogen) atoms. The number of nitrogens with zero attached hydrogens (tertiary/aromatic N) is 1. The lowest BCUT2D eigenvalue weighted by Gasteiger charge is -2.32. The van der Waals surface area contributed by atoms with Crippen LogP contribution in [0.4, 0.5) is 0 Å². The van der Waals surface area contributed by atoms with Gasteiger partial charge in [-0.2, -0.15) is 0 Å². The third kappa shape index (κ3) is 3.65. The summed E-state index contributed by atoms with van der Waals surface area (Å²) in [5, 5.41) is 2.88. The summed E-state index contributed by atoms with van der Waals surface area (Å²) < 4.78 is 0. The Kier molecular flexibility index (Phi) is 5.27. The molecule has 0 amide bonds. The van der Waals surface area contributed by atoms with E-state index in [1.165, 1.54) is 0 Å². The summed E-state index contributed by atoms with van der Waals surface area (Å²) in [6.07, 6.45) is 1.55. The molecule has 0 bridgehead atoms. The summed E-state index contributed by atoms with van der Waals surface area (Å²) in [6, 6.07) is 8.47. The molecule has 0 heterocycles. The smallest absolute Gasteiger partial charge is 0.312 e. The fourth-order valence-corrected chi connectivity index (χ4v) is 2.59. The highest BCUT2D eigenvalue weighted by molar-refractivity contribution is 6.51. The molecule has 1 aromatic carbocycles. The Morgan fingerprint density at radius 3 is 2.48 bits per heavy atom. The van der Waals surface area contributed by atoms with Gasteiger partial charge in [0.25, 0.3) is 0 Å². The lowest BCUT2D eigenvalue weighted by atomic mass is 9.82. The predicted molar refractivity (Wildman–Crippen MR) is 91.1 cm³/mol. The fraction of sp³-hybridized carbons (Fsp3) is 0.353. The number of allylic oxidation sites excluding steroid dienone is 2. The zero-order chi connectivity index (χ0) is 17.2. The summed E-state index contributed by atoms with van der Waals surface area (Å²) in [7, 11) is 0. The van der Waals surface area contributed by atoms with Crippen molar-refractivity contribution in [2.75, 3.05) is 0 Å². The van der Waals surface area contributed by atoms with Gasteiger partial charge in [0, 0.05) is 5.57 Å². The number of alkyl halides is 2. The van der Waals surface area contributed by atoms with Crippen LogP contribution in [0.2, 0.25) is 0 Å². The van der Waals surface area contributed by atoms with Crippen molar-refractivity contribution in [2.24, 2.45) is 11.1 Å². The lowest BCUT2D eigenvalue weighted by molar-refractivity contribution is -0.116. The Labute approximate surface area is 145 Å². The summed E-state index contributed by atoms with van der Waals surface area (Å²) in [5.74, 6) is -0.868. The standard InChI is InChI=1S/C17H17Cl2NO3/c1-10(2)12-9-13(17(3,19)15(18)14(12)21)20-23-16(22)11-7-5-4-6-8-11/h4-10,15H,1-3H3/b20-13+. The third-order valence-electron chi connectivity index (χ3n) is 3.64. The van der Waals surface area contributed by atoms with Crippen LogP contribution in [0.15, 0.2) is 47.1 Å². The first kappa shape index (κ1) is 17.7. The van der Waals surface area contributed by atoms with E-state index in [0.717, 1.165) is 0 Å². The number of carbonyl (C=O) groups excluding carboxylic acids is 2. The minimum atomic E-state index is -1.24. The molecule has 0 fully saturated rings. The maximum atomic E-state index is 12.2. The molecule has 0 aromatic heterocycles. The number of hydrogen-bond donors (Lipinski definition) is 0. The van der Waals surface area contributed by atoms with Crippen molar-refractivity contribution in [1.82, 2.24) is 0 Å². The minimum Gasteiger partial charge on any atom is -0.312 e. The summed E-state index contributed by atoms with van der Waals surface area (Å²) >= 11 is 12.5. The average molecular weight is 354 g/mol. The molecule has 0 aliphatic heterocycles. The van der Waals surface area contributed by atoms with Gasteiger partial charge in [-0.15, -0.1) is 23.2 Å². The molecule has 2 rings (SSSR count). The first-order valence-corrected chi connectivity index (χ1v) is 8.00. The lowest BCUT2D eigenvalue weighted by Crippen LogP contribution is -2.47. The summed E-state index contributed by atoms with van der Waals surface area (Å²) in [4.78, 5) is 27.9. The van der Waals surface area contributed by atoms with E-state index < -0.39 is 16.2 Å². The molecule has 0 N–H and O–H groups in total. The number of rotatable bonds is 3. The zero-order valence-electron chi connectivity index (χ0n) is 13.0. The molecule has 0 radical (unpaired) electrons. The number of benzene rings is 1. The fourth-order valence-electron chi connectivity index (χ4n) is 2.17. The maximum Gasteiger partial charge on any atom is 0.365 e. The van der Waals surface area contributed by atoms with Crippen LogP contribution >= 0.6 is 23.2 Å². The van der Waals surface area contributed by atoms with Gasteiger partial charge in [0.1, 0.15) is 16.0 Å². The molecule has 1 aliphatic carbocycles. The van der Waals surface area contributed by atoms with E-state index in [-0.39, 0.29) is 17.4 Å². The summed E-state index contributed by atoms with van der Waals surface area (Å²) in [6.45, 7) is 5.32. The maximum absolute atomic E-state index is 12.2. The van der Waals surface area contributed by atoms with Crippen LogP contribution in [0.25, 0.3) is 0 Å². The molecule has 0 saturated heterocycles. The zero-order valence-corrected chi connectivity index (χ0v) is 14.6. The normalized spacial score (nSPS) is 26.3. The third-order valence-corrected chi connectivity index (χ3v) is 4.80. The molecule has 2 unspecified atom stereocenters. The van der Waals surface area contributed by atoms with E-state index >= 15 is 0 Å². The van der Waals surface area contributed by atoms with Crippen LogP contribution < -0.4 is 0 Å². The van der Waals surface area contributed by atoms with Crippen molar-refractivity contribution < 1.29 is 14.4 Å². The molecule has 122 valence electrons. The number of halogens is 2. The Morgan fingerprint density at radius 2 is 1.91 bits per heavy atom. The highest BCUT2D eigenvalue weighted by Crippen LogP contribution is 2.35. The number of oxime groups is 1. The van der Waals surface area contributed by atoms with Crippen molar-refractivity contribution in [1.29, 1.82) is 0 Å². The highest BCUT2D eigenvalue weighted by atomic mass is 35.5. The molecule has 0 saturated carbocycles. The SMILES string of the molecule is CC(C)C1=C/C(=N\OC(=O)c2ccccc2)C(C)(Cl)C(Cl)C1=O. The van der Waals surface area contributed by atoms with Crippen LogP contribution in [0.5, 0.6) is 0 Å². The van der Waals surface area contributed by atoms with E-state index in [2.05, 4.69) is 5.16 Å². The average Bonchev–Trinajstić information content (AvgIpc) is 2.52. The van der Waals surface area contributed by atoms with Gasteiger partial charge in [-0.05, 0) is 31.1 Å². The van der Waals surface area contributed by atoms with Gasteiger partial charge < -0.3 is 4.84 Å². The van der Waals surface area contributed by atoms with Crippen molar-refractivity contribution in [2.45, 2.75) is 31.0 Å². The summed E-state index contributed by atoms with van der Waals surface area (Å²) in [5.41, 5.74) is 1.14. The first-order chi connectivity index (χ1) is 10.7. The van der Waals surface area contributed by atoms with Crippen molar-refractivity contribution in [3.05, 3.63) is 47.5 Å². The van der Waals surface area contributed by atoms with Gasteiger partial charge in [-0.25, -0.2) is 4.79 Å².